The monoisotopic (exact) mass is 430 g/mol. The molecular weight excluding hydrogens is 408 g/mol. The van der Waals surface area contributed by atoms with E-state index in [1.165, 1.54) is 26.5 Å². The van der Waals surface area contributed by atoms with Gasteiger partial charge in [-0.15, -0.1) is 0 Å². The molecule has 2 rings (SSSR count). The van der Waals surface area contributed by atoms with E-state index in [2.05, 4.69) is 10.3 Å². The van der Waals surface area contributed by atoms with Gasteiger partial charge in [0.25, 0.3) is 5.56 Å². The molecule has 0 saturated carbocycles. The van der Waals surface area contributed by atoms with Gasteiger partial charge in [-0.05, 0) is 25.1 Å². The van der Waals surface area contributed by atoms with Crippen LogP contribution in [0.4, 0.5) is 0 Å². The molecule has 0 amide bonds. The number of nitrogens with one attached hydrogen (secondary N) is 1. The van der Waals surface area contributed by atoms with Gasteiger partial charge in [0, 0.05) is 26.5 Å². The first-order chi connectivity index (χ1) is 14.7. The van der Waals surface area contributed by atoms with Crippen molar-refractivity contribution in [3.8, 4) is 5.88 Å². The lowest BCUT2D eigenvalue weighted by Crippen LogP contribution is -2.38. The van der Waals surface area contributed by atoms with Crippen molar-refractivity contribution in [3.05, 3.63) is 68.4 Å². The molecule has 2 aromatic rings. The summed E-state index contributed by atoms with van der Waals surface area (Å²) in [4.78, 5) is 53.0. The summed E-state index contributed by atoms with van der Waals surface area (Å²) in [6.07, 6.45) is 3.67. The Hall–Kier alpha value is -4.15. The molecule has 0 bridgehead atoms. The number of hydrogen-bond acceptors (Lipinski definition) is 9. The van der Waals surface area contributed by atoms with Crippen LogP contribution in [0.3, 0.4) is 0 Å². The number of hydrogen-bond donors (Lipinski definition) is 2. The number of methoxy groups -OCH3 is 1. The van der Waals surface area contributed by atoms with Crippen LogP contribution in [-0.2, 0) is 33.2 Å². The highest BCUT2D eigenvalue weighted by molar-refractivity contribution is 6.15. The van der Waals surface area contributed by atoms with Crippen LogP contribution in [0.1, 0.15) is 18.2 Å². The Kier molecular flexibility index (Phi) is 7.50. The van der Waals surface area contributed by atoms with Crippen LogP contribution in [0, 0.1) is 0 Å². The lowest BCUT2D eigenvalue weighted by molar-refractivity contribution is -0.137. The summed E-state index contributed by atoms with van der Waals surface area (Å²) in [5.74, 6) is -2.23. The zero-order chi connectivity index (χ0) is 23.1. The largest absolute Gasteiger partial charge is 0.494 e. The molecule has 0 aliphatic rings. The van der Waals surface area contributed by atoms with Gasteiger partial charge in [-0.1, -0.05) is 6.07 Å². The number of pyridine rings is 1. The summed E-state index contributed by atoms with van der Waals surface area (Å²) in [5, 5.41) is 12.8. The lowest BCUT2D eigenvalue weighted by Gasteiger charge is -2.11. The Balaban J connectivity index is 2.60. The minimum absolute atomic E-state index is 0.00911. The van der Waals surface area contributed by atoms with Crippen LogP contribution in [0.25, 0.3) is 11.6 Å². The fourth-order valence-electron chi connectivity index (χ4n) is 2.52. The van der Waals surface area contributed by atoms with Crippen LogP contribution in [0.15, 0.2) is 45.9 Å². The Morgan fingerprint density at radius 2 is 1.90 bits per heavy atom. The Morgan fingerprint density at radius 1 is 1.19 bits per heavy atom. The van der Waals surface area contributed by atoms with Crippen LogP contribution in [0.2, 0.25) is 0 Å². The lowest BCUT2D eigenvalue weighted by atomic mass is 10.2. The van der Waals surface area contributed by atoms with E-state index >= 15 is 0 Å². The van der Waals surface area contributed by atoms with Crippen molar-refractivity contribution >= 4 is 23.6 Å². The van der Waals surface area contributed by atoms with Gasteiger partial charge in [0.2, 0.25) is 5.88 Å². The maximum absolute atomic E-state index is 12.4. The fourth-order valence-corrected chi connectivity index (χ4v) is 2.52. The van der Waals surface area contributed by atoms with Gasteiger partial charge >= 0.3 is 17.6 Å². The number of carbonyl (C=O) groups excluding carboxylic acids is 2. The topological polar surface area (TPSA) is 142 Å². The third-order valence-electron chi connectivity index (χ3n) is 4.17. The second-order valence-electron chi connectivity index (χ2n) is 6.13. The summed E-state index contributed by atoms with van der Waals surface area (Å²) in [6.45, 7) is 1.75. The normalized spacial score (nSPS) is 11.7. The number of esters is 2. The summed E-state index contributed by atoms with van der Waals surface area (Å²) in [6, 6.07) is 4.90. The first-order valence-electron chi connectivity index (χ1n) is 9.07. The van der Waals surface area contributed by atoms with E-state index < -0.39 is 29.1 Å². The number of aromatic nitrogens is 3. The Labute approximate surface area is 176 Å². The van der Waals surface area contributed by atoms with Crippen LogP contribution < -0.4 is 16.6 Å². The minimum atomic E-state index is -0.893. The molecule has 0 aromatic carbocycles. The van der Waals surface area contributed by atoms with Gasteiger partial charge in [-0.2, -0.15) is 0 Å². The van der Waals surface area contributed by atoms with Crippen molar-refractivity contribution in [1.82, 2.24) is 19.4 Å². The van der Waals surface area contributed by atoms with E-state index in [0.717, 1.165) is 22.3 Å². The highest BCUT2D eigenvalue weighted by Gasteiger charge is 2.19. The summed E-state index contributed by atoms with van der Waals surface area (Å²) >= 11 is 0. The molecule has 0 aliphatic carbocycles. The second kappa shape index (κ2) is 10.1. The van der Waals surface area contributed by atoms with E-state index in [9.17, 15) is 24.3 Å². The molecule has 31 heavy (non-hydrogen) atoms. The van der Waals surface area contributed by atoms with Gasteiger partial charge in [-0.3, -0.25) is 18.9 Å². The zero-order valence-corrected chi connectivity index (χ0v) is 17.4. The molecule has 11 nitrogen and oxygen atoms in total. The minimum Gasteiger partial charge on any atom is -0.494 e. The van der Waals surface area contributed by atoms with Crippen molar-refractivity contribution in [2.24, 2.45) is 14.1 Å². The standard InChI is InChI=1S/C20H22N4O7/c1-5-31-18(27)13(14-8-6-7-9-21-14)11-22-15(19(28)30-4)10-12-16(25)23(2)20(29)24(3)17(12)26/h6-11,22,25H,5H2,1-4H3/b13-11+,15-10-. The average molecular weight is 430 g/mol. The molecule has 2 N–H and O–H groups in total. The smallest absolute Gasteiger partial charge is 0.354 e. The van der Waals surface area contributed by atoms with Crippen molar-refractivity contribution < 1.29 is 24.2 Å². The highest BCUT2D eigenvalue weighted by atomic mass is 16.5. The molecule has 164 valence electrons. The van der Waals surface area contributed by atoms with Crippen LogP contribution in [0.5, 0.6) is 5.88 Å². The summed E-state index contributed by atoms with van der Waals surface area (Å²) in [5.41, 5.74) is -1.91. The van der Waals surface area contributed by atoms with E-state index in [-0.39, 0.29) is 29.1 Å². The van der Waals surface area contributed by atoms with Gasteiger partial charge in [0.15, 0.2) is 0 Å². The first-order valence-corrected chi connectivity index (χ1v) is 9.07. The van der Waals surface area contributed by atoms with Gasteiger partial charge in [0.05, 0.1) is 19.4 Å². The highest BCUT2D eigenvalue weighted by Crippen LogP contribution is 2.16. The van der Waals surface area contributed by atoms with Gasteiger partial charge in [-0.25, -0.2) is 14.4 Å². The molecule has 0 spiro atoms. The Bertz CT molecular complexity index is 1160. The van der Waals surface area contributed by atoms with Crippen molar-refractivity contribution in [2.75, 3.05) is 13.7 Å². The van der Waals surface area contributed by atoms with Crippen molar-refractivity contribution in [2.45, 2.75) is 6.92 Å². The van der Waals surface area contributed by atoms with Gasteiger partial charge < -0.3 is 19.9 Å². The van der Waals surface area contributed by atoms with Gasteiger partial charge in [0.1, 0.15) is 16.8 Å². The molecule has 2 aromatic heterocycles. The maximum Gasteiger partial charge on any atom is 0.354 e. The molecule has 0 aliphatic heterocycles. The SMILES string of the molecule is CCOC(=O)/C(=C/N/C(=C\c1c(O)n(C)c(=O)n(C)c1=O)C(=O)OC)c1ccccn1. The van der Waals surface area contributed by atoms with Crippen molar-refractivity contribution in [1.29, 1.82) is 0 Å². The number of rotatable bonds is 7. The zero-order valence-electron chi connectivity index (χ0n) is 17.4. The number of aromatic hydroxyl groups is 1. The number of ether oxygens (including phenoxy) is 2. The summed E-state index contributed by atoms with van der Waals surface area (Å²) in [7, 11) is 3.61. The predicted molar refractivity (Wildman–Crippen MR) is 111 cm³/mol. The third kappa shape index (κ3) is 5.07. The maximum atomic E-state index is 12.4. The second-order valence-corrected chi connectivity index (χ2v) is 6.13. The van der Waals surface area contributed by atoms with E-state index in [0.29, 0.717) is 0 Å². The molecule has 0 radical (unpaired) electrons. The van der Waals surface area contributed by atoms with E-state index in [4.69, 9.17) is 9.47 Å². The van der Waals surface area contributed by atoms with Crippen LogP contribution in [-0.4, -0.2) is 44.9 Å². The first kappa shape index (κ1) is 23.1. The molecule has 0 atom stereocenters. The fraction of sp³-hybridized carbons (Fsp3) is 0.250. The number of carbonyl (C=O) groups is 2. The third-order valence-corrected chi connectivity index (χ3v) is 4.17. The van der Waals surface area contributed by atoms with E-state index in [1.54, 1.807) is 25.1 Å². The average Bonchev–Trinajstić information content (AvgIpc) is 2.78. The molecule has 0 fully saturated rings. The quantitative estimate of drug-likeness (QED) is 0.454. The summed E-state index contributed by atoms with van der Waals surface area (Å²) < 4.78 is 11.3. The van der Waals surface area contributed by atoms with Crippen LogP contribution >= 0.6 is 0 Å². The Morgan fingerprint density at radius 3 is 2.48 bits per heavy atom. The molecule has 11 heteroatoms. The molecule has 0 unspecified atom stereocenters. The van der Waals surface area contributed by atoms with E-state index in [1.807, 2.05) is 0 Å². The molecule has 0 saturated heterocycles. The van der Waals surface area contributed by atoms with Crippen molar-refractivity contribution in [3.63, 3.8) is 0 Å². The predicted octanol–water partition coefficient (Wildman–Crippen LogP) is -0.108. The molecule has 2 heterocycles. The number of nitrogens with zero attached hydrogens (tertiary/aromatic N) is 3. The molecular formula is C20H22N4O7.